The molecule has 0 spiro atoms. The Kier molecular flexibility index (Phi) is 4.57. The van der Waals surface area contributed by atoms with Crippen LogP contribution in [0.5, 0.6) is 0 Å². The molecule has 0 saturated heterocycles. The maximum atomic E-state index is 13.2. The molecule has 0 aliphatic heterocycles. The lowest BCUT2D eigenvalue weighted by molar-refractivity contribution is 0.0940. The molecule has 1 atom stereocenters. The summed E-state index contributed by atoms with van der Waals surface area (Å²) in [5, 5.41) is 2.70. The average molecular weight is 355 g/mol. The number of amides is 1. The molecule has 3 N–H and O–H groups in total. The largest absolute Gasteiger partial charge is 0.398 e. The number of anilines is 1. The number of carbonyl (C=O) groups is 1. The number of nitrogen functional groups attached to an aromatic ring is 1. The van der Waals surface area contributed by atoms with Crippen LogP contribution in [0.2, 0.25) is 0 Å². The monoisotopic (exact) mass is 354 g/mol. The van der Waals surface area contributed by atoms with Crippen LogP contribution >= 0.6 is 15.9 Å². The summed E-state index contributed by atoms with van der Waals surface area (Å²) in [7, 11) is 0. The molecule has 0 bridgehead atoms. The maximum Gasteiger partial charge on any atom is 0.253 e. The third-order valence-corrected chi connectivity index (χ3v) is 3.58. The van der Waals surface area contributed by atoms with Crippen LogP contribution in [-0.4, -0.2) is 5.91 Å². The summed E-state index contributed by atoms with van der Waals surface area (Å²) in [6.07, 6.45) is 0. The molecule has 2 aromatic carbocycles. The van der Waals surface area contributed by atoms with Crippen LogP contribution in [0.25, 0.3) is 0 Å². The summed E-state index contributed by atoms with van der Waals surface area (Å²) in [5.41, 5.74) is 6.25. The van der Waals surface area contributed by atoms with Crippen LogP contribution < -0.4 is 11.1 Å². The Morgan fingerprint density at radius 2 is 1.76 bits per heavy atom. The first-order valence-corrected chi connectivity index (χ1v) is 6.98. The topological polar surface area (TPSA) is 55.1 Å². The maximum absolute atomic E-state index is 13.2. The quantitative estimate of drug-likeness (QED) is 0.823. The zero-order valence-corrected chi connectivity index (χ0v) is 12.7. The van der Waals surface area contributed by atoms with Crippen LogP contribution in [0.15, 0.2) is 40.9 Å². The molecule has 0 aliphatic carbocycles. The van der Waals surface area contributed by atoms with Gasteiger partial charge in [-0.1, -0.05) is 28.1 Å². The molecule has 0 heterocycles. The second-order valence-corrected chi connectivity index (χ2v) is 5.52. The fraction of sp³-hybridized carbons (Fsp3) is 0.133. The van der Waals surface area contributed by atoms with Crippen LogP contribution in [0.3, 0.4) is 0 Å². The lowest BCUT2D eigenvalue weighted by atomic mass is 10.1. The van der Waals surface area contributed by atoms with Gasteiger partial charge in [0.2, 0.25) is 0 Å². The first kappa shape index (κ1) is 15.4. The van der Waals surface area contributed by atoms with Gasteiger partial charge >= 0.3 is 0 Å². The van der Waals surface area contributed by atoms with Crippen molar-refractivity contribution in [1.29, 1.82) is 0 Å². The number of hydrogen-bond acceptors (Lipinski definition) is 2. The molecule has 0 saturated carbocycles. The van der Waals surface area contributed by atoms with E-state index in [9.17, 15) is 13.6 Å². The van der Waals surface area contributed by atoms with Crippen LogP contribution in [0.1, 0.15) is 28.9 Å². The Morgan fingerprint density at radius 1 is 1.19 bits per heavy atom. The second kappa shape index (κ2) is 6.22. The molecule has 0 radical (unpaired) electrons. The second-order valence-electron chi connectivity index (χ2n) is 4.60. The first-order valence-electron chi connectivity index (χ1n) is 6.19. The zero-order chi connectivity index (χ0) is 15.6. The molecule has 1 unspecified atom stereocenters. The van der Waals surface area contributed by atoms with Crippen molar-refractivity contribution in [1.82, 2.24) is 5.32 Å². The number of hydrogen-bond donors (Lipinski definition) is 2. The van der Waals surface area contributed by atoms with Crippen molar-refractivity contribution in [3.8, 4) is 0 Å². The van der Waals surface area contributed by atoms with Crippen molar-refractivity contribution < 1.29 is 13.6 Å². The molecule has 2 aromatic rings. The van der Waals surface area contributed by atoms with Gasteiger partial charge in [-0.15, -0.1) is 0 Å². The number of rotatable bonds is 3. The Bertz CT molecular complexity index is 674. The van der Waals surface area contributed by atoms with Gasteiger partial charge < -0.3 is 11.1 Å². The van der Waals surface area contributed by atoms with E-state index in [1.54, 1.807) is 6.92 Å². The smallest absolute Gasteiger partial charge is 0.253 e. The average Bonchev–Trinajstić information content (AvgIpc) is 2.43. The van der Waals surface area contributed by atoms with Crippen molar-refractivity contribution in [3.63, 3.8) is 0 Å². The van der Waals surface area contributed by atoms with Crippen LogP contribution in [-0.2, 0) is 0 Å². The number of nitrogens with two attached hydrogens (primary N) is 1. The summed E-state index contributed by atoms with van der Waals surface area (Å²) in [6, 6.07) is 8.71. The molecule has 0 aliphatic rings. The fourth-order valence-electron chi connectivity index (χ4n) is 1.87. The molecule has 110 valence electrons. The van der Waals surface area contributed by atoms with Gasteiger partial charge in [-0.3, -0.25) is 4.79 Å². The van der Waals surface area contributed by atoms with Gasteiger partial charge in [0, 0.05) is 16.2 Å². The minimum absolute atomic E-state index is 0.0853. The predicted octanol–water partition coefficient (Wildman–Crippen LogP) is 3.80. The summed E-state index contributed by atoms with van der Waals surface area (Å²) < 4.78 is 27.1. The standard InChI is InChI=1S/C15H13BrF2N2O/c1-8(9-2-4-10(16)5-3-9)20-15(21)11-6-12(17)13(18)7-14(11)19/h2-8H,19H2,1H3,(H,20,21). The van der Waals surface area contributed by atoms with Gasteiger partial charge in [0.25, 0.3) is 5.91 Å². The summed E-state index contributed by atoms with van der Waals surface area (Å²) in [5.74, 6) is -2.74. The van der Waals surface area contributed by atoms with Gasteiger partial charge in [0.1, 0.15) is 0 Å². The normalized spacial score (nSPS) is 12.0. The van der Waals surface area contributed by atoms with Crippen molar-refractivity contribution in [2.45, 2.75) is 13.0 Å². The van der Waals surface area contributed by atoms with Crippen molar-refractivity contribution >= 4 is 27.5 Å². The highest BCUT2D eigenvalue weighted by molar-refractivity contribution is 9.10. The van der Waals surface area contributed by atoms with E-state index in [1.807, 2.05) is 24.3 Å². The van der Waals surface area contributed by atoms with Gasteiger partial charge in [-0.2, -0.15) is 0 Å². The van der Waals surface area contributed by atoms with Crippen molar-refractivity contribution in [2.75, 3.05) is 5.73 Å². The van der Waals surface area contributed by atoms with Gasteiger partial charge in [-0.05, 0) is 30.7 Å². The lowest BCUT2D eigenvalue weighted by Gasteiger charge is -2.15. The van der Waals surface area contributed by atoms with Crippen molar-refractivity contribution in [3.05, 3.63) is 63.6 Å². The van der Waals surface area contributed by atoms with E-state index < -0.39 is 17.5 Å². The molecule has 0 aromatic heterocycles. The SMILES string of the molecule is CC(NC(=O)c1cc(F)c(F)cc1N)c1ccc(Br)cc1. The molecule has 6 heteroatoms. The predicted molar refractivity (Wildman–Crippen MR) is 80.8 cm³/mol. The molecule has 21 heavy (non-hydrogen) atoms. The molecule has 2 rings (SSSR count). The highest BCUT2D eigenvalue weighted by atomic mass is 79.9. The third-order valence-electron chi connectivity index (χ3n) is 3.05. The molecular weight excluding hydrogens is 342 g/mol. The summed E-state index contributed by atoms with van der Waals surface area (Å²) in [6.45, 7) is 1.79. The summed E-state index contributed by atoms with van der Waals surface area (Å²) >= 11 is 3.33. The highest BCUT2D eigenvalue weighted by Gasteiger charge is 2.16. The Balaban J connectivity index is 2.18. The Hall–Kier alpha value is -1.95. The number of benzene rings is 2. The zero-order valence-electron chi connectivity index (χ0n) is 11.2. The van der Waals surface area contributed by atoms with Crippen LogP contribution in [0.4, 0.5) is 14.5 Å². The highest BCUT2D eigenvalue weighted by Crippen LogP contribution is 2.20. The van der Waals surface area contributed by atoms with E-state index in [0.29, 0.717) is 0 Å². The van der Waals surface area contributed by atoms with Gasteiger partial charge in [0.05, 0.1) is 11.6 Å². The Labute approximate surface area is 129 Å². The number of carbonyl (C=O) groups excluding carboxylic acids is 1. The van der Waals surface area contributed by atoms with E-state index in [1.165, 1.54) is 0 Å². The van der Waals surface area contributed by atoms with E-state index in [0.717, 1.165) is 22.2 Å². The summed E-state index contributed by atoms with van der Waals surface area (Å²) in [4.78, 5) is 12.1. The fourth-order valence-corrected chi connectivity index (χ4v) is 2.13. The molecule has 3 nitrogen and oxygen atoms in total. The molecule has 1 amide bonds. The van der Waals surface area contributed by atoms with E-state index >= 15 is 0 Å². The van der Waals surface area contributed by atoms with Crippen LogP contribution in [0, 0.1) is 11.6 Å². The van der Waals surface area contributed by atoms with Gasteiger partial charge in [0.15, 0.2) is 11.6 Å². The van der Waals surface area contributed by atoms with E-state index in [-0.39, 0.29) is 17.3 Å². The molecular formula is C15H13BrF2N2O. The minimum atomic E-state index is -1.11. The van der Waals surface area contributed by atoms with Gasteiger partial charge in [-0.25, -0.2) is 8.78 Å². The number of nitrogens with one attached hydrogen (secondary N) is 1. The Morgan fingerprint density at radius 3 is 2.38 bits per heavy atom. The molecule has 0 fully saturated rings. The third kappa shape index (κ3) is 3.58. The first-order chi connectivity index (χ1) is 9.88. The lowest BCUT2D eigenvalue weighted by Crippen LogP contribution is -2.27. The van der Waals surface area contributed by atoms with E-state index in [4.69, 9.17) is 5.73 Å². The van der Waals surface area contributed by atoms with E-state index in [2.05, 4.69) is 21.2 Å². The number of halogens is 3. The minimum Gasteiger partial charge on any atom is -0.398 e. The van der Waals surface area contributed by atoms with Crippen molar-refractivity contribution in [2.24, 2.45) is 0 Å².